The summed E-state index contributed by atoms with van der Waals surface area (Å²) < 4.78 is 13.9. The summed E-state index contributed by atoms with van der Waals surface area (Å²) in [5, 5.41) is 12.7. The van der Waals surface area contributed by atoms with Crippen LogP contribution in [0.3, 0.4) is 0 Å². The highest BCUT2D eigenvalue weighted by atomic mass is 32.1. The predicted molar refractivity (Wildman–Crippen MR) is 68.3 cm³/mol. The van der Waals surface area contributed by atoms with Crippen LogP contribution in [-0.4, -0.2) is 23.2 Å². The minimum Gasteiger partial charge on any atom is -0.394 e. The van der Waals surface area contributed by atoms with Crippen molar-refractivity contribution in [1.82, 2.24) is 5.32 Å². The van der Waals surface area contributed by atoms with Crippen LogP contribution in [0.2, 0.25) is 0 Å². The average molecular weight is 265 g/mol. The Morgan fingerprint density at radius 2 is 2.22 bits per heavy atom. The van der Waals surface area contributed by atoms with Gasteiger partial charge in [-0.25, -0.2) is 4.39 Å². The summed E-state index contributed by atoms with van der Waals surface area (Å²) in [5.41, 5.74) is -0.418. The lowest BCUT2D eigenvalue weighted by Gasteiger charge is -2.12. The average Bonchev–Trinajstić information content (AvgIpc) is 2.99. The number of aliphatic hydroxyl groups is 1. The number of thiophene rings is 1. The Kier molecular flexibility index (Phi) is 2.60. The van der Waals surface area contributed by atoms with E-state index in [0.29, 0.717) is 4.88 Å². The van der Waals surface area contributed by atoms with E-state index in [-0.39, 0.29) is 18.3 Å². The number of nitrogens with one attached hydrogen (secondary N) is 1. The molecule has 2 aromatic rings. The molecule has 1 fully saturated rings. The number of halogens is 1. The third kappa shape index (κ3) is 2.00. The number of fused-ring (bicyclic) bond motifs is 1. The molecule has 0 atom stereocenters. The molecule has 1 amide bonds. The molecule has 0 aliphatic heterocycles. The van der Waals surface area contributed by atoms with Gasteiger partial charge >= 0.3 is 0 Å². The molecule has 1 aliphatic carbocycles. The van der Waals surface area contributed by atoms with E-state index in [1.807, 2.05) is 0 Å². The van der Waals surface area contributed by atoms with Crippen LogP contribution in [0.1, 0.15) is 22.5 Å². The highest BCUT2D eigenvalue weighted by molar-refractivity contribution is 7.20. The second-order valence-electron chi connectivity index (χ2n) is 4.69. The van der Waals surface area contributed by atoms with Crippen LogP contribution in [-0.2, 0) is 0 Å². The van der Waals surface area contributed by atoms with E-state index >= 15 is 0 Å². The van der Waals surface area contributed by atoms with Gasteiger partial charge in [-0.3, -0.25) is 4.79 Å². The molecule has 1 aromatic carbocycles. The molecule has 5 heteroatoms. The summed E-state index contributed by atoms with van der Waals surface area (Å²) in [6, 6.07) is 6.16. The van der Waals surface area contributed by atoms with E-state index in [9.17, 15) is 9.18 Å². The Morgan fingerprint density at radius 3 is 2.89 bits per heavy atom. The predicted octanol–water partition coefficient (Wildman–Crippen LogP) is 2.30. The van der Waals surface area contributed by atoms with Gasteiger partial charge in [0.25, 0.3) is 5.91 Å². The summed E-state index contributed by atoms with van der Waals surface area (Å²) in [6.07, 6.45) is 1.63. The minimum absolute atomic E-state index is 0.0295. The smallest absolute Gasteiger partial charge is 0.261 e. The second kappa shape index (κ2) is 4.03. The first-order valence-corrected chi connectivity index (χ1v) is 6.56. The molecule has 0 bridgehead atoms. The fourth-order valence-electron chi connectivity index (χ4n) is 1.90. The summed E-state index contributed by atoms with van der Waals surface area (Å²) in [4.78, 5) is 12.6. The number of carbonyl (C=O) groups excluding carboxylic acids is 1. The number of benzene rings is 1. The lowest BCUT2D eigenvalue weighted by Crippen LogP contribution is -2.39. The molecular formula is C13H12FNO2S. The molecule has 1 heterocycles. The molecule has 2 N–H and O–H groups in total. The molecule has 1 saturated carbocycles. The monoisotopic (exact) mass is 265 g/mol. The molecule has 0 spiro atoms. The summed E-state index contributed by atoms with van der Waals surface area (Å²) >= 11 is 1.33. The number of amides is 1. The second-order valence-corrected chi connectivity index (χ2v) is 5.77. The van der Waals surface area contributed by atoms with Crippen molar-refractivity contribution in [2.75, 3.05) is 6.61 Å². The summed E-state index contributed by atoms with van der Waals surface area (Å²) in [6.45, 7) is -0.0295. The molecule has 94 valence electrons. The largest absolute Gasteiger partial charge is 0.394 e. The van der Waals surface area contributed by atoms with E-state index < -0.39 is 5.54 Å². The van der Waals surface area contributed by atoms with E-state index in [1.165, 1.54) is 23.5 Å². The fourth-order valence-corrected chi connectivity index (χ4v) is 2.84. The maximum atomic E-state index is 13.1. The van der Waals surface area contributed by atoms with Crippen LogP contribution < -0.4 is 5.32 Å². The molecular weight excluding hydrogens is 253 g/mol. The highest BCUT2D eigenvalue weighted by Crippen LogP contribution is 2.35. The van der Waals surface area contributed by atoms with Crippen LogP contribution in [0, 0.1) is 5.82 Å². The first-order chi connectivity index (χ1) is 8.62. The first-order valence-electron chi connectivity index (χ1n) is 5.74. The number of hydrogen-bond donors (Lipinski definition) is 2. The maximum Gasteiger partial charge on any atom is 0.261 e. The van der Waals surface area contributed by atoms with Gasteiger partial charge in [0.2, 0.25) is 0 Å². The third-order valence-electron chi connectivity index (χ3n) is 3.24. The van der Waals surface area contributed by atoms with Gasteiger partial charge in [0, 0.05) is 4.70 Å². The standard InChI is InChI=1S/C13H12FNO2S/c14-9-1-2-10-8(5-9)6-11(18-10)12(17)15-13(7-16)3-4-13/h1-2,5-6,16H,3-4,7H2,(H,15,17). The number of aliphatic hydroxyl groups excluding tert-OH is 1. The summed E-state index contributed by atoms with van der Waals surface area (Å²) in [5.74, 6) is -0.496. The van der Waals surface area contributed by atoms with Crippen LogP contribution >= 0.6 is 11.3 Å². The first kappa shape index (κ1) is 11.6. The normalized spacial score (nSPS) is 16.8. The Hall–Kier alpha value is -1.46. The number of hydrogen-bond acceptors (Lipinski definition) is 3. The third-order valence-corrected chi connectivity index (χ3v) is 4.35. The Balaban J connectivity index is 1.87. The topological polar surface area (TPSA) is 49.3 Å². The minimum atomic E-state index is -0.418. The zero-order chi connectivity index (χ0) is 12.8. The van der Waals surface area contributed by atoms with Crippen LogP contribution in [0.4, 0.5) is 4.39 Å². The van der Waals surface area contributed by atoms with Gasteiger partial charge < -0.3 is 10.4 Å². The molecule has 18 heavy (non-hydrogen) atoms. The summed E-state index contributed by atoms with van der Waals surface area (Å²) in [7, 11) is 0. The van der Waals surface area contributed by atoms with Crippen molar-refractivity contribution in [2.45, 2.75) is 18.4 Å². The van der Waals surface area contributed by atoms with Crippen LogP contribution in [0.25, 0.3) is 10.1 Å². The van der Waals surface area contributed by atoms with Crippen molar-refractivity contribution in [3.63, 3.8) is 0 Å². The Bertz CT molecular complexity index is 618. The zero-order valence-corrected chi connectivity index (χ0v) is 10.4. The van der Waals surface area contributed by atoms with Crippen LogP contribution in [0.15, 0.2) is 24.3 Å². The van der Waals surface area contributed by atoms with E-state index in [4.69, 9.17) is 5.11 Å². The number of rotatable bonds is 3. The molecule has 3 rings (SSSR count). The molecule has 1 aromatic heterocycles. The fraction of sp³-hybridized carbons (Fsp3) is 0.308. The molecule has 3 nitrogen and oxygen atoms in total. The van der Waals surface area contributed by atoms with Gasteiger partial charge in [0.1, 0.15) is 5.82 Å². The highest BCUT2D eigenvalue weighted by Gasteiger charge is 2.43. The van der Waals surface area contributed by atoms with Crippen molar-refractivity contribution >= 4 is 27.3 Å². The van der Waals surface area contributed by atoms with E-state index in [0.717, 1.165) is 22.9 Å². The van der Waals surface area contributed by atoms with Gasteiger partial charge in [0.05, 0.1) is 17.0 Å². The van der Waals surface area contributed by atoms with Gasteiger partial charge in [-0.1, -0.05) is 0 Å². The van der Waals surface area contributed by atoms with Crippen molar-refractivity contribution in [3.05, 3.63) is 35.0 Å². The molecule has 0 saturated heterocycles. The van der Waals surface area contributed by atoms with Gasteiger partial charge in [-0.15, -0.1) is 11.3 Å². The molecule has 0 unspecified atom stereocenters. The van der Waals surface area contributed by atoms with Gasteiger partial charge in [-0.05, 0) is 42.5 Å². The van der Waals surface area contributed by atoms with Crippen molar-refractivity contribution in [3.8, 4) is 0 Å². The van der Waals surface area contributed by atoms with Gasteiger partial charge in [-0.2, -0.15) is 0 Å². The molecule has 0 radical (unpaired) electrons. The van der Waals surface area contributed by atoms with Gasteiger partial charge in [0.15, 0.2) is 0 Å². The van der Waals surface area contributed by atoms with Crippen LogP contribution in [0.5, 0.6) is 0 Å². The SMILES string of the molecule is O=C(NC1(CO)CC1)c1cc2cc(F)ccc2s1. The lowest BCUT2D eigenvalue weighted by molar-refractivity contribution is 0.0911. The van der Waals surface area contributed by atoms with Crippen molar-refractivity contribution in [2.24, 2.45) is 0 Å². The lowest BCUT2D eigenvalue weighted by atomic mass is 10.2. The maximum absolute atomic E-state index is 13.1. The quantitative estimate of drug-likeness (QED) is 0.894. The van der Waals surface area contributed by atoms with E-state index in [2.05, 4.69) is 5.32 Å². The number of carbonyl (C=O) groups is 1. The molecule has 1 aliphatic rings. The Labute approximate surface area is 107 Å². The zero-order valence-electron chi connectivity index (χ0n) is 9.57. The Morgan fingerprint density at radius 1 is 1.44 bits per heavy atom. The van der Waals surface area contributed by atoms with Crippen molar-refractivity contribution < 1.29 is 14.3 Å². The van der Waals surface area contributed by atoms with Crippen molar-refractivity contribution in [1.29, 1.82) is 0 Å². The van der Waals surface area contributed by atoms with E-state index in [1.54, 1.807) is 12.1 Å².